The Bertz CT molecular complexity index is 1520. The summed E-state index contributed by atoms with van der Waals surface area (Å²) in [7, 11) is 0. The molecular weight excluding hydrogens is 568 g/mol. The molecule has 2 amide bonds. The van der Waals surface area contributed by atoms with Crippen molar-refractivity contribution >= 4 is 29.5 Å². The van der Waals surface area contributed by atoms with Crippen LogP contribution in [0.1, 0.15) is 95.4 Å². The minimum atomic E-state index is -1.35. The van der Waals surface area contributed by atoms with E-state index in [9.17, 15) is 24.6 Å². The van der Waals surface area contributed by atoms with Crippen molar-refractivity contribution in [1.82, 2.24) is 19.7 Å². The van der Waals surface area contributed by atoms with Gasteiger partial charge in [-0.15, -0.1) is 0 Å². The van der Waals surface area contributed by atoms with Crippen LogP contribution < -0.4 is 10.2 Å². The van der Waals surface area contributed by atoms with Crippen molar-refractivity contribution in [3.63, 3.8) is 0 Å². The van der Waals surface area contributed by atoms with Gasteiger partial charge in [0.25, 0.3) is 5.91 Å². The number of aliphatic hydroxyl groups is 1. The fourth-order valence-electron chi connectivity index (χ4n) is 5.24. The Morgan fingerprint density at radius 1 is 1.11 bits per heavy atom. The number of pyridine rings is 1. The summed E-state index contributed by atoms with van der Waals surface area (Å²) in [6.45, 7) is 9.08. The number of hydrogen-bond acceptors (Lipinski definition) is 9. The van der Waals surface area contributed by atoms with Crippen LogP contribution in [0.15, 0.2) is 35.2 Å². The van der Waals surface area contributed by atoms with E-state index >= 15 is 0 Å². The van der Waals surface area contributed by atoms with Gasteiger partial charge in [-0.3, -0.25) is 19.2 Å². The van der Waals surface area contributed by atoms with E-state index in [-0.39, 0.29) is 29.2 Å². The first-order valence-electron chi connectivity index (χ1n) is 15.0. The third-order valence-electron chi connectivity index (χ3n) is 7.74. The van der Waals surface area contributed by atoms with Crippen LogP contribution in [0.25, 0.3) is 11.5 Å². The normalized spacial score (nSPS) is 19.0. The van der Waals surface area contributed by atoms with Gasteiger partial charge in [0.1, 0.15) is 29.0 Å². The first-order valence-corrected chi connectivity index (χ1v) is 15.0. The lowest BCUT2D eigenvalue weighted by Crippen LogP contribution is -2.38. The molecule has 5 rings (SSSR count). The van der Waals surface area contributed by atoms with Crippen LogP contribution in [-0.4, -0.2) is 60.1 Å². The first kappa shape index (κ1) is 31.2. The Labute approximate surface area is 255 Å². The number of carbonyl (C=O) groups excluding carboxylic acids is 2. The molecule has 0 spiro atoms. The molecule has 13 nitrogen and oxygen atoms in total. The van der Waals surface area contributed by atoms with Gasteiger partial charge in [-0.05, 0) is 91.2 Å². The number of ether oxygens (including phenoxy) is 1. The monoisotopic (exact) mass is 608 g/mol. The predicted octanol–water partition coefficient (Wildman–Crippen LogP) is 5.38. The average Bonchev–Trinajstić information content (AvgIpc) is 3.44. The van der Waals surface area contributed by atoms with E-state index in [1.165, 1.54) is 11.2 Å². The Balaban J connectivity index is 1.33. The molecule has 3 heterocycles. The molecule has 0 radical (unpaired) electrons. The summed E-state index contributed by atoms with van der Waals surface area (Å²) >= 11 is 0. The van der Waals surface area contributed by atoms with E-state index in [0.29, 0.717) is 55.2 Å². The fraction of sp³-hybridized carbons (Fsp3) is 0.548. The minimum absolute atomic E-state index is 0.0109. The van der Waals surface area contributed by atoms with Crippen LogP contribution in [-0.2, 0) is 15.1 Å². The zero-order valence-electron chi connectivity index (χ0n) is 25.7. The summed E-state index contributed by atoms with van der Waals surface area (Å²) in [5.74, 6) is -0.759. The number of carboxylic acids is 1. The maximum absolute atomic E-state index is 13.3. The van der Waals surface area contributed by atoms with Gasteiger partial charge in [0.15, 0.2) is 5.69 Å². The lowest BCUT2D eigenvalue weighted by atomic mass is 9.86. The summed E-state index contributed by atoms with van der Waals surface area (Å²) in [6, 6.07) is 3.31. The van der Waals surface area contributed by atoms with Gasteiger partial charge >= 0.3 is 12.1 Å². The number of hydrogen-bond donors (Lipinski definition) is 3. The largest absolute Gasteiger partial charge is 0.481 e. The number of anilines is 2. The zero-order valence-corrected chi connectivity index (χ0v) is 25.7. The summed E-state index contributed by atoms with van der Waals surface area (Å²) < 4.78 is 13.0. The molecule has 2 fully saturated rings. The maximum Gasteiger partial charge on any atom is 0.416 e. The van der Waals surface area contributed by atoms with Gasteiger partial charge in [0, 0.05) is 24.5 Å². The summed E-state index contributed by atoms with van der Waals surface area (Å²) in [5.41, 5.74) is -0.868. The van der Waals surface area contributed by atoms with Gasteiger partial charge in [0.2, 0.25) is 5.89 Å². The van der Waals surface area contributed by atoms with Crippen molar-refractivity contribution in [1.29, 1.82) is 0 Å². The second-order valence-corrected chi connectivity index (χ2v) is 13.2. The van der Waals surface area contributed by atoms with Crippen LogP contribution in [0.5, 0.6) is 0 Å². The van der Waals surface area contributed by atoms with E-state index in [0.717, 1.165) is 12.8 Å². The van der Waals surface area contributed by atoms with Crippen molar-refractivity contribution in [2.45, 2.75) is 90.4 Å². The second-order valence-electron chi connectivity index (χ2n) is 13.2. The highest BCUT2D eigenvalue weighted by Crippen LogP contribution is 2.36. The number of nitrogens with zero attached hydrogens (tertiary/aromatic N) is 5. The smallest absolute Gasteiger partial charge is 0.416 e. The van der Waals surface area contributed by atoms with Crippen LogP contribution in [0, 0.1) is 11.8 Å². The first-order chi connectivity index (χ1) is 20.7. The van der Waals surface area contributed by atoms with E-state index in [1.54, 1.807) is 43.1 Å². The second kappa shape index (κ2) is 12.0. The molecule has 2 saturated carbocycles. The van der Waals surface area contributed by atoms with E-state index in [2.05, 4.69) is 20.4 Å². The van der Waals surface area contributed by atoms with Crippen molar-refractivity contribution in [3.05, 3.63) is 42.2 Å². The van der Waals surface area contributed by atoms with E-state index in [4.69, 9.17) is 9.15 Å². The van der Waals surface area contributed by atoms with Gasteiger partial charge in [-0.1, -0.05) is 0 Å². The molecule has 13 heteroatoms. The predicted molar refractivity (Wildman–Crippen MR) is 160 cm³/mol. The van der Waals surface area contributed by atoms with Crippen LogP contribution in [0.2, 0.25) is 0 Å². The quantitative estimate of drug-likeness (QED) is 0.286. The molecule has 0 atom stereocenters. The van der Waals surface area contributed by atoms with Crippen LogP contribution in [0.3, 0.4) is 0 Å². The lowest BCUT2D eigenvalue weighted by molar-refractivity contribution is -0.143. The van der Waals surface area contributed by atoms with Gasteiger partial charge in [0.05, 0.1) is 17.6 Å². The van der Waals surface area contributed by atoms with Gasteiger partial charge in [-0.2, -0.15) is 5.10 Å². The summed E-state index contributed by atoms with van der Waals surface area (Å²) in [5, 5.41) is 27.5. The fourth-order valence-corrected chi connectivity index (χ4v) is 5.24. The Kier molecular flexibility index (Phi) is 8.52. The van der Waals surface area contributed by atoms with Crippen molar-refractivity contribution < 1.29 is 33.8 Å². The Hall–Kier alpha value is -4.26. The van der Waals surface area contributed by atoms with Gasteiger partial charge in [-0.25, -0.2) is 14.8 Å². The molecule has 44 heavy (non-hydrogen) atoms. The summed E-state index contributed by atoms with van der Waals surface area (Å²) in [4.78, 5) is 47.9. The molecule has 236 valence electrons. The van der Waals surface area contributed by atoms with Crippen molar-refractivity contribution in [3.8, 4) is 11.5 Å². The molecular formula is C31H40N6O7. The number of amides is 2. The molecule has 3 N–H and O–H groups in total. The number of aromatic nitrogens is 4. The SMILES string of the molecule is CC(C)(C)OC(=O)N(CC1CC1)c1cc(-c2nc(C(=O)Nc3cn([C@H]4CC[C@H](C(=O)O)CC4)nc3C(C)(C)O)co2)ccn1. The third kappa shape index (κ3) is 7.44. The molecule has 0 saturated heterocycles. The van der Waals surface area contributed by atoms with Crippen LogP contribution in [0.4, 0.5) is 16.3 Å². The Morgan fingerprint density at radius 2 is 1.82 bits per heavy atom. The lowest BCUT2D eigenvalue weighted by Gasteiger charge is -2.27. The van der Waals surface area contributed by atoms with E-state index in [1.807, 2.05) is 20.8 Å². The number of carboxylic acid groups (broad SMARTS) is 1. The highest BCUT2D eigenvalue weighted by atomic mass is 16.6. The highest BCUT2D eigenvalue weighted by molar-refractivity contribution is 6.03. The standard InChI is InChI=1S/C31H40N6O7/c1-30(2,3)44-29(41)36(15-18-6-7-18)24-14-20(12-13-32-24)27-34-23(17-43-27)26(38)33-22-16-37(35-25(22)31(4,5)42)21-10-8-19(9-11-21)28(39)40/h12-14,16-19,21,42H,6-11,15H2,1-5H3,(H,33,38)(H,39,40)/t19-,21-. The van der Waals surface area contributed by atoms with E-state index < -0.39 is 29.2 Å². The van der Waals surface area contributed by atoms with Gasteiger partial charge < -0.3 is 24.7 Å². The zero-order chi connectivity index (χ0) is 31.8. The number of rotatable bonds is 9. The number of carbonyl (C=O) groups is 3. The average molecular weight is 609 g/mol. The molecule has 3 aromatic rings. The highest BCUT2D eigenvalue weighted by Gasteiger charge is 2.33. The number of oxazole rings is 1. The minimum Gasteiger partial charge on any atom is -0.481 e. The van der Waals surface area contributed by atoms with Crippen molar-refractivity contribution in [2.24, 2.45) is 11.8 Å². The molecule has 0 aromatic carbocycles. The number of aliphatic carboxylic acids is 1. The topological polar surface area (TPSA) is 173 Å². The van der Waals surface area contributed by atoms with Crippen LogP contribution >= 0.6 is 0 Å². The van der Waals surface area contributed by atoms with Crippen molar-refractivity contribution in [2.75, 3.05) is 16.8 Å². The molecule has 2 aliphatic carbocycles. The summed E-state index contributed by atoms with van der Waals surface area (Å²) in [6.07, 6.45) is 8.37. The molecule has 0 unspecified atom stereocenters. The molecule has 0 bridgehead atoms. The molecule has 2 aliphatic rings. The number of nitrogens with one attached hydrogen (secondary N) is 1. The Morgan fingerprint density at radius 3 is 2.43 bits per heavy atom. The molecule has 0 aliphatic heterocycles. The molecule has 3 aromatic heterocycles. The third-order valence-corrected chi connectivity index (χ3v) is 7.74. The maximum atomic E-state index is 13.3.